The van der Waals surface area contributed by atoms with Crippen LogP contribution in [-0.4, -0.2) is 50.1 Å². The largest absolute Gasteiger partial charge is 0.497 e. The Bertz CT molecular complexity index is 900. The van der Waals surface area contributed by atoms with Crippen molar-refractivity contribution in [2.75, 3.05) is 34.4 Å². The molecule has 0 saturated carbocycles. The number of likely N-dealkylation sites (N-methyl/N-ethyl adjacent to an activating group) is 1. The lowest BCUT2D eigenvalue weighted by Crippen LogP contribution is -2.38. The highest BCUT2D eigenvalue weighted by atomic mass is 19.4. The first kappa shape index (κ1) is 22.9. The fraction of sp³-hybridized carbons (Fsp3) is 0.435. The van der Waals surface area contributed by atoms with Crippen molar-refractivity contribution in [2.24, 2.45) is 0 Å². The third-order valence-corrected chi connectivity index (χ3v) is 5.51. The van der Waals surface area contributed by atoms with Gasteiger partial charge < -0.3 is 14.4 Å². The number of ether oxygens (including phenoxy) is 2. The van der Waals surface area contributed by atoms with E-state index in [0.29, 0.717) is 24.6 Å². The number of nitrogens with zero attached hydrogens (tertiary/aromatic N) is 2. The fourth-order valence-electron chi connectivity index (χ4n) is 3.98. The maximum absolute atomic E-state index is 13.0. The van der Waals surface area contributed by atoms with Crippen LogP contribution in [0.5, 0.6) is 11.5 Å². The van der Waals surface area contributed by atoms with Crippen molar-refractivity contribution in [1.29, 1.82) is 0 Å². The second-order valence-electron chi connectivity index (χ2n) is 7.72. The van der Waals surface area contributed by atoms with Gasteiger partial charge in [0.15, 0.2) is 0 Å². The Morgan fingerprint density at radius 3 is 2.45 bits per heavy atom. The second kappa shape index (κ2) is 9.60. The van der Waals surface area contributed by atoms with E-state index >= 15 is 0 Å². The normalized spacial score (nSPS) is 16.6. The van der Waals surface area contributed by atoms with Crippen LogP contribution in [0.1, 0.15) is 35.6 Å². The van der Waals surface area contributed by atoms with E-state index in [4.69, 9.17) is 9.47 Å². The van der Waals surface area contributed by atoms with Gasteiger partial charge in [0.2, 0.25) is 5.91 Å². The molecule has 0 radical (unpaired) electrons. The summed E-state index contributed by atoms with van der Waals surface area (Å²) in [5, 5.41) is 0. The van der Waals surface area contributed by atoms with E-state index in [2.05, 4.69) is 0 Å². The third kappa shape index (κ3) is 5.50. The molecule has 0 aromatic heterocycles. The van der Waals surface area contributed by atoms with Crippen LogP contribution in [0.2, 0.25) is 0 Å². The topological polar surface area (TPSA) is 42.0 Å². The molecule has 1 amide bonds. The Hall–Kier alpha value is -2.74. The number of halogens is 3. The first-order chi connectivity index (χ1) is 14.7. The molecule has 31 heavy (non-hydrogen) atoms. The Balaban J connectivity index is 1.67. The van der Waals surface area contributed by atoms with Gasteiger partial charge in [-0.2, -0.15) is 13.2 Å². The first-order valence-corrected chi connectivity index (χ1v) is 10.1. The highest BCUT2D eigenvalue weighted by Gasteiger charge is 2.33. The van der Waals surface area contributed by atoms with Crippen molar-refractivity contribution in [3.8, 4) is 11.5 Å². The molecule has 2 aromatic rings. The molecule has 8 heteroatoms. The van der Waals surface area contributed by atoms with Crippen LogP contribution in [0.25, 0.3) is 0 Å². The SMILES string of the molecule is COc1ccc(OC)c(C2CCCN2C(=O)CN(C)Cc2ccc(C(F)(F)F)cc2)c1. The summed E-state index contributed by atoms with van der Waals surface area (Å²) >= 11 is 0. The van der Waals surface area contributed by atoms with Gasteiger partial charge in [-0.25, -0.2) is 0 Å². The summed E-state index contributed by atoms with van der Waals surface area (Å²) in [5.41, 5.74) is 0.955. The molecule has 168 valence electrons. The van der Waals surface area contributed by atoms with Crippen LogP contribution in [0.15, 0.2) is 42.5 Å². The number of alkyl halides is 3. The van der Waals surface area contributed by atoms with E-state index < -0.39 is 11.7 Å². The molecule has 1 saturated heterocycles. The van der Waals surface area contributed by atoms with Crippen molar-refractivity contribution in [1.82, 2.24) is 9.80 Å². The molecule has 0 spiro atoms. The van der Waals surface area contributed by atoms with E-state index in [1.54, 1.807) is 21.3 Å². The zero-order valence-corrected chi connectivity index (χ0v) is 17.9. The first-order valence-electron chi connectivity index (χ1n) is 10.1. The molecule has 3 rings (SSSR count). The number of carbonyl (C=O) groups excluding carboxylic acids is 1. The van der Waals surface area contributed by atoms with Gasteiger partial charge in [-0.05, 0) is 55.8 Å². The Morgan fingerprint density at radius 2 is 1.84 bits per heavy atom. The molecule has 0 bridgehead atoms. The lowest BCUT2D eigenvalue weighted by Gasteiger charge is -2.28. The number of benzene rings is 2. The minimum Gasteiger partial charge on any atom is -0.497 e. The summed E-state index contributed by atoms with van der Waals surface area (Å²) in [4.78, 5) is 16.7. The average molecular weight is 436 g/mol. The van der Waals surface area contributed by atoms with E-state index in [1.165, 1.54) is 12.1 Å². The van der Waals surface area contributed by atoms with Gasteiger partial charge in [0.25, 0.3) is 0 Å². The molecule has 1 aliphatic heterocycles. The number of carbonyl (C=O) groups is 1. The van der Waals surface area contributed by atoms with Gasteiger partial charge in [-0.3, -0.25) is 9.69 Å². The molecule has 5 nitrogen and oxygen atoms in total. The highest BCUT2D eigenvalue weighted by Crippen LogP contribution is 2.39. The third-order valence-electron chi connectivity index (χ3n) is 5.51. The van der Waals surface area contributed by atoms with Gasteiger partial charge >= 0.3 is 6.18 Å². The average Bonchev–Trinajstić information content (AvgIpc) is 3.22. The van der Waals surface area contributed by atoms with Crippen LogP contribution in [0.3, 0.4) is 0 Å². The minimum atomic E-state index is -4.35. The molecule has 0 aliphatic carbocycles. The fourth-order valence-corrected chi connectivity index (χ4v) is 3.98. The van der Waals surface area contributed by atoms with Crippen LogP contribution in [-0.2, 0) is 17.5 Å². The van der Waals surface area contributed by atoms with Crippen LogP contribution >= 0.6 is 0 Å². The predicted octanol–water partition coefficient (Wildman–Crippen LogP) is 4.52. The summed E-state index contributed by atoms with van der Waals surface area (Å²) in [5.74, 6) is 1.39. The standard InChI is InChI=1S/C23H27F3N2O3/c1-27(14-16-6-8-17(9-7-16)23(24,25)26)15-22(29)28-12-4-5-20(28)19-13-18(30-2)10-11-21(19)31-3/h6-11,13,20H,4-5,12,14-15H2,1-3H3. The smallest absolute Gasteiger partial charge is 0.416 e. The highest BCUT2D eigenvalue weighted by molar-refractivity contribution is 5.79. The summed E-state index contributed by atoms with van der Waals surface area (Å²) in [6, 6.07) is 10.5. The van der Waals surface area contributed by atoms with E-state index in [9.17, 15) is 18.0 Å². The molecule has 2 aromatic carbocycles. The summed E-state index contributed by atoms with van der Waals surface area (Å²) < 4.78 is 49.0. The van der Waals surface area contributed by atoms with Gasteiger partial charge in [-0.1, -0.05) is 12.1 Å². The lowest BCUT2D eigenvalue weighted by atomic mass is 10.0. The number of hydrogen-bond donors (Lipinski definition) is 0. The van der Waals surface area contributed by atoms with Crippen molar-refractivity contribution >= 4 is 5.91 Å². The van der Waals surface area contributed by atoms with E-state index in [0.717, 1.165) is 36.1 Å². The molecule has 1 heterocycles. The van der Waals surface area contributed by atoms with E-state index in [1.807, 2.05) is 28.0 Å². The maximum atomic E-state index is 13.0. The number of likely N-dealkylation sites (tertiary alicyclic amines) is 1. The molecular weight excluding hydrogens is 409 g/mol. The molecule has 1 unspecified atom stereocenters. The van der Waals surface area contributed by atoms with Crippen LogP contribution in [0, 0.1) is 0 Å². The van der Waals surface area contributed by atoms with Crippen molar-refractivity contribution in [3.63, 3.8) is 0 Å². The Kier molecular flexibility index (Phi) is 7.10. The summed E-state index contributed by atoms with van der Waals surface area (Å²) in [7, 11) is 4.98. The summed E-state index contributed by atoms with van der Waals surface area (Å²) in [6.45, 7) is 1.20. The number of methoxy groups -OCH3 is 2. The van der Waals surface area contributed by atoms with Gasteiger partial charge in [0.1, 0.15) is 11.5 Å². The van der Waals surface area contributed by atoms with Crippen LogP contribution < -0.4 is 9.47 Å². The molecule has 1 aliphatic rings. The zero-order valence-electron chi connectivity index (χ0n) is 17.9. The number of amides is 1. The van der Waals surface area contributed by atoms with Crippen LogP contribution in [0.4, 0.5) is 13.2 Å². The summed E-state index contributed by atoms with van der Waals surface area (Å²) in [6.07, 6.45) is -2.64. The predicted molar refractivity (Wildman–Crippen MR) is 111 cm³/mol. The Labute approximate surface area is 180 Å². The second-order valence-corrected chi connectivity index (χ2v) is 7.72. The van der Waals surface area contributed by atoms with Crippen molar-refractivity contribution in [3.05, 3.63) is 59.2 Å². The number of hydrogen-bond acceptors (Lipinski definition) is 4. The van der Waals surface area contributed by atoms with Gasteiger partial charge in [-0.15, -0.1) is 0 Å². The minimum absolute atomic E-state index is 0.0261. The van der Waals surface area contributed by atoms with Crippen molar-refractivity contribution in [2.45, 2.75) is 31.6 Å². The molecule has 1 fully saturated rings. The Morgan fingerprint density at radius 1 is 1.13 bits per heavy atom. The number of rotatable bonds is 7. The van der Waals surface area contributed by atoms with Crippen molar-refractivity contribution < 1.29 is 27.4 Å². The quantitative estimate of drug-likeness (QED) is 0.640. The van der Waals surface area contributed by atoms with E-state index in [-0.39, 0.29) is 18.5 Å². The molecular formula is C23H27F3N2O3. The lowest BCUT2D eigenvalue weighted by molar-refractivity contribution is -0.137. The monoisotopic (exact) mass is 436 g/mol. The molecule has 1 atom stereocenters. The maximum Gasteiger partial charge on any atom is 0.416 e. The zero-order chi connectivity index (χ0) is 22.6. The van der Waals surface area contributed by atoms with Gasteiger partial charge in [0, 0.05) is 18.7 Å². The van der Waals surface area contributed by atoms with Gasteiger partial charge in [0.05, 0.1) is 32.4 Å². The molecule has 0 N–H and O–H groups in total.